The molecule has 0 aliphatic carbocycles. The molecule has 20 heavy (non-hydrogen) atoms. The predicted octanol–water partition coefficient (Wildman–Crippen LogP) is 4.32. The van der Waals surface area contributed by atoms with Gasteiger partial charge in [-0.25, -0.2) is 0 Å². The lowest BCUT2D eigenvalue weighted by atomic mass is 9.81. The number of unbranched alkanes of at least 4 members (excludes halogenated alkanes) is 5. The van der Waals surface area contributed by atoms with Crippen molar-refractivity contribution >= 4 is 5.97 Å². The Balaban J connectivity index is 3.77. The van der Waals surface area contributed by atoms with Crippen LogP contribution in [0.2, 0.25) is 0 Å². The SMILES string of the molecule is CCCCCCCCC(=O)OCC(C)(C)[C@H](O)C(C)C. The highest BCUT2D eigenvalue weighted by Crippen LogP contribution is 2.26. The molecule has 0 rings (SSSR count). The van der Waals surface area contributed by atoms with Crippen LogP contribution in [0.25, 0.3) is 0 Å². The van der Waals surface area contributed by atoms with E-state index in [0.717, 1.165) is 12.8 Å². The third-order valence-corrected chi connectivity index (χ3v) is 3.77. The Labute approximate surface area is 125 Å². The van der Waals surface area contributed by atoms with Crippen molar-refractivity contribution in [1.29, 1.82) is 0 Å². The van der Waals surface area contributed by atoms with Crippen molar-refractivity contribution in [3.05, 3.63) is 0 Å². The summed E-state index contributed by atoms with van der Waals surface area (Å²) in [5.41, 5.74) is -0.384. The second kappa shape index (κ2) is 10.2. The van der Waals surface area contributed by atoms with Gasteiger partial charge in [0.15, 0.2) is 0 Å². The first-order valence-electron chi connectivity index (χ1n) is 8.15. The average molecular weight is 286 g/mol. The van der Waals surface area contributed by atoms with Gasteiger partial charge in [0, 0.05) is 11.8 Å². The third kappa shape index (κ3) is 8.57. The van der Waals surface area contributed by atoms with Crippen molar-refractivity contribution in [2.75, 3.05) is 6.61 Å². The summed E-state index contributed by atoms with van der Waals surface area (Å²) in [7, 11) is 0. The molecule has 0 saturated heterocycles. The lowest BCUT2D eigenvalue weighted by Gasteiger charge is -2.32. The van der Waals surface area contributed by atoms with Crippen molar-refractivity contribution in [1.82, 2.24) is 0 Å². The van der Waals surface area contributed by atoms with E-state index in [2.05, 4.69) is 6.92 Å². The summed E-state index contributed by atoms with van der Waals surface area (Å²) in [5, 5.41) is 10.1. The molecule has 120 valence electrons. The van der Waals surface area contributed by atoms with Gasteiger partial charge in [0.05, 0.1) is 12.7 Å². The van der Waals surface area contributed by atoms with E-state index in [1.807, 2.05) is 27.7 Å². The van der Waals surface area contributed by atoms with Gasteiger partial charge in [-0.3, -0.25) is 4.79 Å². The fourth-order valence-corrected chi connectivity index (χ4v) is 2.38. The standard InChI is InChI=1S/C17H34O3/c1-6-7-8-9-10-11-12-15(18)20-13-17(4,5)16(19)14(2)3/h14,16,19H,6-13H2,1-5H3/t16-/m1/s1. The van der Waals surface area contributed by atoms with Crippen LogP contribution in [0.3, 0.4) is 0 Å². The molecule has 0 aromatic carbocycles. The van der Waals surface area contributed by atoms with Crippen molar-refractivity contribution in [3.63, 3.8) is 0 Å². The van der Waals surface area contributed by atoms with Crippen LogP contribution in [0, 0.1) is 11.3 Å². The topological polar surface area (TPSA) is 46.5 Å². The molecule has 0 heterocycles. The Morgan fingerprint density at radius 1 is 1.10 bits per heavy atom. The Hall–Kier alpha value is -0.570. The van der Waals surface area contributed by atoms with E-state index >= 15 is 0 Å². The minimum Gasteiger partial charge on any atom is -0.465 e. The monoisotopic (exact) mass is 286 g/mol. The number of esters is 1. The quantitative estimate of drug-likeness (QED) is 0.454. The molecule has 0 radical (unpaired) electrons. The van der Waals surface area contributed by atoms with Crippen molar-refractivity contribution in [3.8, 4) is 0 Å². The molecule has 0 aliphatic heterocycles. The Kier molecular flexibility index (Phi) is 9.91. The first-order valence-corrected chi connectivity index (χ1v) is 8.15. The highest BCUT2D eigenvalue weighted by atomic mass is 16.5. The maximum Gasteiger partial charge on any atom is 0.305 e. The van der Waals surface area contributed by atoms with E-state index in [9.17, 15) is 9.90 Å². The van der Waals surface area contributed by atoms with Crippen molar-refractivity contribution in [2.24, 2.45) is 11.3 Å². The second-order valence-corrected chi connectivity index (χ2v) is 6.86. The number of aliphatic hydroxyl groups is 1. The van der Waals surface area contributed by atoms with Gasteiger partial charge < -0.3 is 9.84 Å². The summed E-state index contributed by atoms with van der Waals surface area (Å²) in [4.78, 5) is 11.7. The van der Waals surface area contributed by atoms with Crippen molar-refractivity contribution < 1.29 is 14.6 Å². The largest absolute Gasteiger partial charge is 0.465 e. The van der Waals surface area contributed by atoms with E-state index in [0.29, 0.717) is 13.0 Å². The molecule has 0 unspecified atom stereocenters. The zero-order valence-electron chi connectivity index (χ0n) is 14.1. The summed E-state index contributed by atoms with van der Waals surface area (Å²) >= 11 is 0. The number of carbonyl (C=O) groups is 1. The highest BCUT2D eigenvalue weighted by Gasteiger charge is 2.31. The number of rotatable bonds is 11. The van der Waals surface area contributed by atoms with Crippen LogP contribution in [0.5, 0.6) is 0 Å². The van der Waals surface area contributed by atoms with Crippen LogP contribution in [-0.4, -0.2) is 23.8 Å². The molecule has 0 fully saturated rings. The molecule has 0 bridgehead atoms. The molecule has 0 amide bonds. The van der Waals surface area contributed by atoms with Crippen LogP contribution in [0.15, 0.2) is 0 Å². The molecule has 0 aromatic rings. The molecule has 0 aliphatic rings. The Morgan fingerprint density at radius 3 is 2.20 bits per heavy atom. The van der Waals surface area contributed by atoms with Gasteiger partial charge in [0.25, 0.3) is 0 Å². The van der Waals surface area contributed by atoms with Gasteiger partial charge in [-0.15, -0.1) is 0 Å². The van der Waals surface area contributed by atoms with E-state index < -0.39 is 6.10 Å². The first-order chi connectivity index (χ1) is 9.31. The number of aliphatic hydroxyl groups excluding tert-OH is 1. The van der Waals surface area contributed by atoms with Gasteiger partial charge in [-0.2, -0.15) is 0 Å². The van der Waals surface area contributed by atoms with Gasteiger partial charge in [-0.1, -0.05) is 66.7 Å². The van der Waals surface area contributed by atoms with E-state index in [4.69, 9.17) is 4.74 Å². The first kappa shape index (κ1) is 19.4. The van der Waals surface area contributed by atoms with Gasteiger partial charge >= 0.3 is 5.97 Å². The normalized spacial score (nSPS) is 13.6. The number of hydrogen-bond donors (Lipinski definition) is 1. The number of ether oxygens (including phenoxy) is 1. The zero-order chi connectivity index (χ0) is 15.6. The maximum atomic E-state index is 11.7. The van der Waals surface area contributed by atoms with Crippen LogP contribution in [0.4, 0.5) is 0 Å². The third-order valence-electron chi connectivity index (χ3n) is 3.77. The van der Waals surface area contributed by atoms with Gasteiger partial charge in [-0.05, 0) is 12.3 Å². The fourth-order valence-electron chi connectivity index (χ4n) is 2.38. The highest BCUT2D eigenvalue weighted by molar-refractivity contribution is 5.69. The van der Waals surface area contributed by atoms with E-state index in [1.165, 1.54) is 25.7 Å². The van der Waals surface area contributed by atoms with Crippen LogP contribution in [-0.2, 0) is 9.53 Å². The molecule has 0 aromatic heterocycles. The number of carbonyl (C=O) groups excluding carboxylic acids is 1. The van der Waals surface area contributed by atoms with Crippen LogP contribution < -0.4 is 0 Å². The second-order valence-electron chi connectivity index (χ2n) is 6.86. The minimum atomic E-state index is -0.454. The smallest absolute Gasteiger partial charge is 0.305 e. The van der Waals surface area contributed by atoms with E-state index in [1.54, 1.807) is 0 Å². The van der Waals surface area contributed by atoms with Gasteiger partial charge in [0.1, 0.15) is 0 Å². The lowest BCUT2D eigenvalue weighted by Crippen LogP contribution is -2.38. The molecule has 3 heteroatoms. The molecular formula is C17H34O3. The molecule has 0 saturated carbocycles. The zero-order valence-corrected chi connectivity index (χ0v) is 14.1. The van der Waals surface area contributed by atoms with Crippen molar-refractivity contribution in [2.45, 2.75) is 85.7 Å². The average Bonchev–Trinajstić information content (AvgIpc) is 2.39. The molecule has 0 spiro atoms. The lowest BCUT2D eigenvalue weighted by molar-refractivity contribution is -0.150. The summed E-state index contributed by atoms with van der Waals surface area (Å²) in [6.45, 7) is 10.3. The molecule has 1 atom stereocenters. The maximum absolute atomic E-state index is 11.7. The summed E-state index contributed by atoms with van der Waals surface area (Å²) in [6, 6.07) is 0. The summed E-state index contributed by atoms with van der Waals surface area (Å²) in [5.74, 6) is 0.0341. The molecule has 3 nitrogen and oxygen atoms in total. The van der Waals surface area contributed by atoms with Crippen LogP contribution in [0.1, 0.15) is 79.6 Å². The Morgan fingerprint density at radius 2 is 1.65 bits per heavy atom. The predicted molar refractivity (Wildman–Crippen MR) is 83.6 cm³/mol. The van der Waals surface area contributed by atoms with Crippen LogP contribution >= 0.6 is 0 Å². The van der Waals surface area contributed by atoms with E-state index in [-0.39, 0.29) is 17.3 Å². The summed E-state index contributed by atoms with van der Waals surface area (Å²) < 4.78 is 5.31. The fraction of sp³-hybridized carbons (Fsp3) is 0.941. The Bertz CT molecular complexity index is 259. The minimum absolute atomic E-state index is 0.135. The molecule has 1 N–H and O–H groups in total. The van der Waals surface area contributed by atoms with Gasteiger partial charge in [0.2, 0.25) is 0 Å². The molecular weight excluding hydrogens is 252 g/mol. The summed E-state index contributed by atoms with van der Waals surface area (Å²) in [6.07, 6.45) is 7.06. The number of hydrogen-bond acceptors (Lipinski definition) is 3.